The molecule has 7 heteroatoms. The zero-order chi connectivity index (χ0) is 15.5. The Labute approximate surface area is 142 Å². The molecule has 2 unspecified atom stereocenters. The molecule has 0 aromatic heterocycles. The van der Waals surface area contributed by atoms with Gasteiger partial charge in [0.25, 0.3) is 5.91 Å². The number of benzene rings is 1. The summed E-state index contributed by atoms with van der Waals surface area (Å²) in [6.07, 6.45) is 0.739. The van der Waals surface area contributed by atoms with E-state index >= 15 is 0 Å². The quantitative estimate of drug-likeness (QED) is 0.861. The van der Waals surface area contributed by atoms with E-state index in [1.165, 1.54) is 0 Å². The van der Waals surface area contributed by atoms with Crippen molar-refractivity contribution in [2.24, 2.45) is 0 Å². The van der Waals surface area contributed by atoms with Gasteiger partial charge in [0.2, 0.25) is 5.91 Å². The summed E-state index contributed by atoms with van der Waals surface area (Å²) in [5, 5.41) is 6.21. The predicted octanol–water partition coefficient (Wildman–Crippen LogP) is 1.09. The summed E-state index contributed by atoms with van der Waals surface area (Å²) >= 11 is 0. The number of rotatable bonds is 4. The van der Waals surface area contributed by atoms with Crippen LogP contribution in [0.15, 0.2) is 24.3 Å². The average molecular weight is 340 g/mol. The Kier molecular flexibility index (Phi) is 5.85. The third-order valence-corrected chi connectivity index (χ3v) is 4.06. The summed E-state index contributed by atoms with van der Waals surface area (Å²) in [5.41, 5.74) is 0.737. The van der Waals surface area contributed by atoms with Gasteiger partial charge in [-0.25, -0.2) is 0 Å². The van der Waals surface area contributed by atoms with E-state index in [4.69, 9.17) is 4.74 Å². The van der Waals surface area contributed by atoms with E-state index in [2.05, 4.69) is 10.6 Å². The third kappa shape index (κ3) is 3.95. The number of hydrogen-bond acceptors (Lipinski definition) is 4. The average Bonchev–Trinajstić information content (AvgIpc) is 3.00. The first-order valence-electron chi connectivity index (χ1n) is 7.72. The van der Waals surface area contributed by atoms with Crippen molar-refractivity contribution in [2.45, 2.75) is 31.9 Å². The summed E-state index contributed by atoms with van der Waals surface area (Å²) < 4.78 is 5.59. The maximum atomic E-state index is 12.3. The molecular formula is C16H22ClN3O3. The predicted molar refractivity (Wildman–Crippen MR) is 90.2 cm³/mol. The summed E-state index contributed by atoms with van der Waals surface area (Å²) in [5.74, 6) is 0.571. The number of nitrogens with zero attached hydrogens (tertiary/aromatic N) is 1. The van der Waals surface area contributed by atoms with Crippen molar-refractivity contribution in [2.75, 3.05) is 24.5 Å². The van der Waals surface area contributed by atoms with Gasteiger partial charge in [0.15, 0.2) is 6.10 Å². The third-order valence-electron chi connectivity index (χ3n) is 4.06. The number of anilines is 1. The van der Waals surface area contributed by atoms with Gasteiger partial charge in [-0.1, -0.05) is 12.1 Å². The van der Waals surface area contributed by atoms with Gasteiger partial charge in [0, 0.05) is 25.6 Å². The molecule has 2 atom stereocenters. The highest BCUT2D eigenvalue weighted by molar-refractivity contribution is 6.00. The molecule has 0 saturated carbocycles. The Morgan fingerprint density at radius 2 is 2.22 bits per heavy atom. The summed E-state index contributed by atoms with van der Waals surface area (Å²) in [4.78, 5) is 26.0. The maximum Gasteiger partial charge on any atom is 0.267 e. The number of hydrogen-bond donors (Lipinski definition) is 2. The Morgan fingerprint density at radius 1 is 1.43 bits per heavy atom. The second-order valence-corrected chi connectivity index (χ2v) is 5.72. The fourth-order valence-electron chi connectivity index (χ4n) is 2.88. The molecular weight excluding hydrogens is 318 g/mol. The number of nitrogens with one attached hydrogen (secondary N) is 2. The highest BCUT2D eigenvalue weighted by atomic mass is 35.5. The molecule has 1 aromatic rings. The minimum atomic E-state index is -0.517. The summed E-state index contributed by atoms with van der Waals surface area (Å²) in [7, 11) is 0. The molecule has 6 nitrogen and oxygen atoms in total. The highest BCUT2D eigenvalue weighted by Crippen LogP contribution is 2.33. The van der Waals surface area contributed by atoms with E-state index in [0.717, 1.165) is 25.2 Å². The monoisotopic (exact) mass is 339 g/mol. The summed E-state index contributed by atoms with van der Waals surface area (Å²) in [6, 6.07) is 7.63. The molecule has 23 heavy (non-hydrogen) atoms. The second kappa shape index (κ2) is 7.66. The SMILES string of the molecule is CC1Oc2ccccc2N(CCC(=O)NC2CCNC2)C1=O.Cl. The van der Waals surface area contributed by atoms with Crippen LogP contribution in [-0.2, 0) is 9.59 Å². The molecule has 1 fully saturated rings. The molecule has 0 bridgehead atoms. The lowest BCUT2D eigenvalue weighted by Gasteiger charge is -2.32. The van der Waals surface area contributed by atoms with Crippen LogP contribution in [0.3, 0.4) is 0 Å². The van der Waals surface area contributed by atoms with Crippen molar-refractivity contribution in [3.05, 3.63) is 24.3 Å². The molecule has 2 aliphatic heterocycles. The van der Waals surface area contributed by atoms with Gasteiger partial charge in [-0.3, -0.25) is 9.59 Å². The van der Waals surface area contributed by atoms with Crippen LogP contribution in [0.5, 0.6) is 5.75 Å². The Morgan fingerprint density at radius 3 is 2.96 bits per heavy atom. The minimum absolute atomic E-state index is 0. The van der Waals surface area contributed by atoms with Gasteiger partial charge in [-0.15, -0.1) is 12.4 Å². The van der Waals surface area contributed by atoms with Gasteiger partial charge in [-0.2, -0.15) is 0 Å². The summed E-state index contributed by atoms with van der Waals surface area (Å²) in [6.45, 7) is 3.87. The van der Waals surface area contributed by atoms with Crippen LogP contribution in [-0.4, -0.2) is 43.6 Å². The van der Waals surface area contributed by atoms with Gasteiger partial charge in [0.05, 0.1) is 5.69 Å². The lowest BCUT2D eigenvalue weighted by molar-refractivity contribution is -0.125. The van der Waals surface area contributed by atoms with Crippen molar-refractivity contribution in [3.8, 4) is 5.75 Å². The zero-order valence-corrected chi connectivity index (χ0v) is 13.9. The second-order valence-electron chi connectivity index (χ2n) is 5.72. The maximum absolute atomic E-state index is 12.3. The zero-order valence-electron chi connectivity index (χ0n) is 13.1. The number of fused-ring (bicyclic) bond motifs is 1. The smallest absolute Gasteiger partial charge is 0.267 e. The molecule has 2 N–H and O–H groups in total. The molecule has 2 aliphatic rings. The van der Waals surface area contributed by atoms with Crippen LogP contribution in [0.4, 0.5) is 5.69 Å². The van der Waals surface area contributed by atoms with Gasteiger partial charge in [-0.05, 0) is 32.0 Å². The largest absolute Gasteiger partial charge is 0.479 e. The first kappa shape index (κ1) is 17.6. The molecule has 0 radical (unpaired) electrons. The molecule has 126 valence electrons. The van der Waals surface area contributed by atoms with Crippen LogP contribution in [0.2, 0.25) is 0 Å². The van der Waals surface area contributed by atoms with Crippen molar-refractivity contribution in [1.82, 2.24) is 10.6 Å². The van der Waals surface area contributed by atoms with E-state index in [1.807, 2.05) is 24.3 Å². The standard InChI is InChI=1S/C16H21N3O3.ClH/c1-11-16(21)19(13-4-2-3-5-14(13)22-11)9-7-15(20)18-12-6-8-17-10-12;/h2-5,11-12,17H,6-10H2,1H3,(H,18,20);1H. The van der Waals surface area contributed by atoms with Crippen LogP contribution >= 0.6 is 12.4 Å². The normalized spacial score (nSPS) is 22.8. The van der Waals surface area contributed by atoms with Crippen molar-refractivity contribution < 1.29 is 14.3 Å². The van der Waals surface area contributed by atoms with Crippen LogP contribution in [0.25, 0.3) is 0 Å². The van der Waals surface area contributed by atoms with Gasteiger partial charge < -0.3 is 20.3 Å². The number of amides is 2. The van der Waals surface area contributed by atoms with Crippen molar-refractivity contribution in [1.29, 1.82) is 0 Å². The lowest BCUT2D eigenvalue weighted by atomic mass is 10.1. The van der Waals surface area contributed by atoms with E-state index in [9.17, 15) is 9.59 Å². The lowest BCUT2D eigenvalue weighted by Crippen LogP contribution is -2.46. The van der Waals surface area contributed by atoms with Crippen molar-refractivity contribution in [3.63, 3.8) is 0 Å². The number of halogens is 1. The first-order valence-corrected chi connectivity index (χ1v) is 7.72. The van der Waals surface area contributed by atoms with E-state index < -0.39 is 6.10 Å². The van der Waals surface area contributed by atoms with E-state index in [0.29, 0.717) is 18.7 Å². The number of carbonyl (C=O) groups is 2. The number of ether oxygens (including phenoxy) is 1. The van der Waals surface area contributed by atoms with E-state index in [1.54, 1.807) is 11.8 Å². The number of carbonyl (C=O) groups excluding carboxylic acids is 2. The van der Waals surface area contributed by atoms with Gasteiger partial charge >= 0.3 is 0 Å². The fraction of sp³-hybridized carbons (Fsp3) is 0.500. The van der Waals surface area contributed by atoms with Crippen LogP contribution < -0.4 is 20.3 Å². The van der Waals surface area contributed by atoms with Crippen LogP contribution in [0.1, 0.15) is 19.8 Å². The van der Waals surface area contributed by atoms with Crippen molar-refractivity contribution >= 4 is 29.9 Å². The minimum Gasteiger partial charge on any atom is -0.479 e. The molecule has 1 aromatic carbocycles. The Hall–Kier alpha value is -1.79. The molecule has 0 aliphatic carbocycles. The number of para-hydroxylation sites is 2. The van der Waals surface area contributed by atoms with Gasteiger partial charge in [0.1, 0.15) is 5.75 Å². The molecule has 2 heterocycles. The Bertz CT molecular complexity index is 575. The van der Waals surface area contributed by atoms with E-state index in [-0.39, 0.29) is 30.3 Å². The Balaban J connectivity index is 0.00000192. The van der Waals surface area contributed by atoms with Crippen LogP contribution in [0, 0.1) is 0 Å². The molecule has 2 amide bonds. The molecule has 3 rings (SSSR count). The topological polar surface area (TPSA) is 70.7 Å². The first-order chi connectivity index (χ1) is 10.6. The molecule has 1 saturated heterocycles. The highest BCUT2D eigenvalue weighted by Gasteiger charge is 2.31. The molecule has 0 spiro atoms. The fourth-order valence-corrected chi connectivity index (χ4v) is 2.88.